The standard InChI is InChI=1S/C17H17IN2O3/c1-2-23-13-7-5-6-12(10-13)20-16(21)11-19-17(22)14-8-3-4-9-15(14)18/h3-10H,2,11H2,1H3,(H,19,22)(H,20,21). The van der Waals surface area contributed by atoms with E-state index in [1.54, 1.807) is 30.3 Å². The maximum atomic E-state index is 12.0. The largest absolute Gasteiger partial charge is 0.494 e. The molecule has 0 aliphatic heterocycles. The number of hydrogen-bond donors (Lipinski definition) is 2. The minimum Gasteiger partial charge on any atom is -0.494 e. The van der Waals surface area contributed by atoms with E-state index < -0.39 is 0 Å². The average Bonchev–Trinajstić information content (AvgIpc) is 2.54. The molecule has 2 aromatic rings. The summed E-state index contributed by atoms with van der Waals surface area (Å²) < 4.78 is 6.22. The molecule has 0 radical (unpaired) electrons. The maximum absolute atomic E-state index is 12.0. The first-order valence-electron chi connectivity index (χ1n) is 7.15. The lowest BCUT2D eigenvalue weighted by atomic mass is 10.2. The highest BCUT2D eigenvalue weighted by Gasteiger charge is 2.11. The lowest BCUT2D eigenvalue weighted by molar-refractivity contribution is -0.115. The number of nitrogens with one attached hydrogen (secondary N) is 2. The van der Waals surface area contributed by atoms with Crippen LogP contribution in [0.1, 0.15) is 17.3 Å². The lowest BCUT2D eigenvalue weighted by Gasteiger charge is -2.09. The summed E-state index contributed by atoms with van der Waals surface area (Å²) in [5, 5.41) is 5.34. The predicted molar refractivity (Wildman–Crippen MR) is 97.7 cm³/mol. The van der Waals surface area contributed by atoms with E-state index in [1.165, 1.54) is 0 Å². The monoisotopic (exact) mass is 424 g/mol. The Morgan fingerprint density at radius 3 is 2.65 bits per heavy atom. The number of rotatable bonds is 6. The van der Waals surface area contributed by atoms with E-state index in [4.69, 9.17) is 4.74 Å². The summed E-state index contributed by atoms with van der Waals surface area (Å²) in [5.74, 6) is 0.124. The fourth-order valence-corrected chi connectivity index (χ4v) is 2.57. The first-order valence-corrected chi connectivity index (χ1v) is 8.23. The van der Waals surface area contributed by atoms with Crippen LogP contribution < -0.4 is 15.4 Å². The first-order chi connectivity index (χ1) is 11.1. The zero-order valence-electron chi connectivity index (χ0n) is 12.6. The van der Waals surface area contributed by atoms with Gasteiger partial charge in [0.2, 0.25) is 5.91 Å². The number of anilines is 1. The number of benzene rings is 2. The van der Waals surface area contributed by atoms with E-state index in [0.29, 0.717) is 23.6 Å². The third-order valence-electron chi connectivity index (χ3n) is 2.96. The van der Waals surface area contributed by atoms with Crippen molar-refractivity contribution in [1.82, 2.24) is 5.32 Å². The molecule has 5 nitrogen and oxygen atoms in total. The van der Waals surface area contributed by atoms with Gasteiger partial charge in [0.15, 0.2) is 0 Å². The average molecular weight is 424 g/mol. The van der Waals surface area contributed by atoms with Gasteiger partial charge >= 0.3 is 0 Å². The molecule has 2 aromatic carbocycles. The molecule has 0 saturated heterocycles. The topological polar surface area (TPSA) is 67.4 Å². The number of ether oxygens (including phenoxy) is 1. The molecule has 120 valence electrons. The van der Waals surface area contributed by atoms with Crippen LogP contribution in [0.2, 0.25) is 0 Å². The molecule has 2 amide bonds. The van der Waals surface area contributed by atoms with Crippen molar-refractivity contribution in [3.63, 3.8) is 0 Å². The van der Waals surface area contributed by atoms with Crippen LogP contribution in [-0.4, -0.2) is 25.0 Å². The van der Waals surface area contributed by atoms with Crippen molar-refractivity contribution in [2.75, 3.05) is 18.5 Å². The van der Waals surface area contributed by atoms with Gasteiger partial charge in [-0.1, -0.05) is 18.2 Å². The molecule has 0 aromatic heterocycles. The minimum absolute atomic E-state index is 0.0946. The van der Waals surface area contributed by atoms with Gasteiger partial charge in [0, 0.05) is 15.3 Å². The van der Waals surface area contributed by atoms with Crippen LogP contribution >= 0.6 is 22.6 Å². The molecule has 2 rings (SSSR count). The number of hydrogen-bond acceptors (Lipinski definition) is 3. The van der Waals surface area contributed by atoms with E-state index in [1.807, 2.05) is 25.1 Å². The second kappa shape index (κ2) is 8.52. The van der Waals surface area contributed by atoms with Gasteiger partial charge in [-0.15, -0.1) is 0 Å². The highest BCUT2D eigenvalue weighted by molar-refractivity contribution is 14.1. The fourth-order valence-electron chi connectivity index (χ4n) is 1.94. The summed E-state index contributed by atoms with van der Waals surface area (Å²) in [4.78, 5) is 24.0. The normalized spacial score (nSPS) is 10.0. The Bertz CT molecular complexity index is 704. The van der Waals surface area contributed by atoms with Gasteiger partial charge in [0.05, 0.1) is 18.7 Å². The Labute approximate surface area is 148 Å². The minimum atomic E-state index is -0.294. The van der Waals surface area contributed by atoms with Crippen LogP contribution in [0.5, 0.6) is 5.75 Å². The number of carbonyl (C=O) groups is 2. The van der Waals surface area contributed by atoms with E-state index >= 15 is 0 Å². The Morgan fingerprint density at radius 2 is 1.91 bits per heavy atom. The van der Waals surface area contributed by atoms with Crippen molar-refractivity contribution in [3.8, 4) is 5.75 Å². The Hall–Kier alpha value is -2.09. The molecule has 0 heterocycles. The van der Waals surface area contributed by atoms with Crippen molar-refractivity contribution in [3.05, 3.63) is 57.7 Å². The molecular weight excluding hydrogens is 407 g/mol. The number of halogens is 1. The van der Waals surface area contributed by atoms with Crippen LogP contribution in [0.4, 0.5) is 5.69 Å². The smallest absolute Gasteiger partial charge is 0.252 e. The van der Waals surface area contributed by atoms with Crippen LogP contribution in [0.3, 0.4) is 0 Å². The zero-order valence-corrected chi connectivity index (χ0v) is 14.8. The summed E-state index contributed by atoms with van der Waals surface area (Å²) in [6.07, 6.45) is 0. The molecule has 0 aliphatic rings. The van der Waals surface area contributed by atoms with Crippen LogP contribution in [0.25, 0.3) is 0 Å². The molecule has 0 fully saturated rings. The van der Waals surface area contributed by atoms with Gasteiger partial charge in [-0.25, -0.2) is 0 Å². The molecule has 0 saturated carbocycles. The van der Waals surface area contributed by atoms with Crippen LogP contribution in [-0.2, 0) is 4.79 Å². The molecule has 0 aliphatic carbocycles. The van der Waals surface area contributed by atoms with E-state index in [2.05, 4.69) is 33.2 Å². The van der Waals surface area contributed by atoms with E-state index in [9.17, 15) is 9.59 Å². The second-order valence-corrected chi connectivity index (χ2v) is 5.83. The van der Waals surface area contributed by atoms with Crippen molar-refractivity contribution in [1.29, 1.82) is 0 Å². The SMILES string of the molecule is CCOc1cccc(NC(=O)CNC(=O)c2ccccc2I)c1. The Kier molecular flexibility index (Phi) is 6.40. The molecule has 0 atom stereocenters. The van der Waals surface area contributed by atoms with Crippen molar-refractivity contribution < 1.29 is 14.3 Å². The Balaban J connectivity index is 1.89. The highest BCUT2D eigenvalue weighted by Crippen LogP contribution is 2.17. The molecule has 0 spiro atoms. The molecule has 0 bridgehead atoms. The summed E-state index contributed by atoms with van der Waals surface area (Å²) >= 11 is 2.09. The predicted octanol–water partition coefficient (Wildman–Crippen LogP) is 3.06. The molecule has 0 unspecified atom stereocenters. The molecular formula is C17H17IN2O3. The van der Waals surface area contributed by atoms with Gasteiger partial charge < -0.3 is 15.4 Å². The lowest BCUT2D eigenvalue weighted by Crippen LogP contribution is -2.33. The maximum Gasteiger partial charge on any atom is 0.252 e. The zero-order chi connectivity index (χ0) is 16.7. The van der Waals surface area contributed by atoms with Gasteiger partial charge in [-0.05, 0) is 53.8 Å². The molecule has 6 heteroatoms. The number of amides is 2. The summed E-state index contributed by atoms with van der Waals surface area (Å²) in [5.41, 5.74) is 1.18. The fraction of sp³-hybridized carbons (Fsp3) is 0.176. The van der Waals surface area contributed by atoms with Gasteiger partial charge in [-0.2, -0.15) is 0 Å². The first kappa shape index (κ1) is 17.3. The third-order valence-corrected chi connectivity index (χ3v) is 3.90. The van der Waals surface area contributed by atoms with Crippen molar-refractivity contribution in [2.24, 2.45) is 0 Å². The highest BCUT2D eigenvalue weighted by atomic mass is 127. The van der Waals surface area contributed by atoms with E-state index in [-0.39, 0.29) is 18.4 Å². The molecule has 23 heavy (non-hydrogen) atoms. The summed E-state index contributed by atoms with van der Waals surface area (Å²) in [7, 11) is 0. The second-order valence-electron chi connectivity index (χ2n) is 4.67. The molecule has 2 N–H and O–H groups in total. The Morgan fingerprint density at radius 1 is 1.13 bits per heavy atom. The van der Waals surface area contributed by atoms with Crippen molar-refractivity contribution >= 4 is 40.1 Å². The quantitative estimate of drug-likeness (QED) is 0.701. The van der Waals surface area contributed by atoms with E-state index in [0.717, 1.165) is 3.57 Å². The summed E-state index contributed by atoms with van der Waals surface area (Å²) in [6.45, 7) is 2.36. The summed E-state index contributed by atoms with van der Waals surface area (Å²) in [6, 6.07) is 14.3. The van der Waals surface area contributed by atoms with Crippen LogP contribution in [0, 0.1) is 3.57 Å². The van der Waals surface area contributed by atoms with Gasteiger partial charge in [-0.3, -0.25) is 9.59 Å². The third kappa shape index (κ3) is 5.24. The van der Waals surface area contributed by atoms with Gasteiger partial charge in [0.1, 0.15) is 5.75 Å². The van der Waals surface area contributed by atoms with Gasteiger partial charge in [0.25, 0.3) is 5.91 Å². The number of carbonyl (C=O) groups excluding carboxylic acids is 2. The van der Waals surface area contributed by atoms with Crippen LogP contribution in [0.15, 0.2) is 48.5 Å². The van der Waals surface area contributed by atoms with Crippen molar-refractivity contribution in [2.45, 2.75) is 6.92 Å².